The highest BCUT2D eigenvalue weighted by atomic mass is 16.5. The number of terminal acetylenes is 1. The predicted molar refractivity (Wildman–Crippen MR) is 71.9 cm³/mol. The third-order valence-corrected chi connectivity index (χ3v) is 2.51. The van der Waals surface area contributed by atoms with E-state index in [4.69, 9.17) is 11.2 Å². The summed E-state index contributed by atoms with van der Waals surface area (Å²) >= 11 is 0. The monoisotopic (exact) mass is 245 g/mol. The molecule has 0 aromatic heterocycles. The Kier molecular flexibility index (Phi) is 6.60. The molecule has 0 aliphatic heterocycles. The molecule has 1 aromatic carbocycles. The molecule has 0 amide bonds. The molecule has 0 aliphatic carbocycles. The first kappa shape index (κ1) is 14.3. The molecule has 3 nitrogen and oxygen atoms in total. The Bertz CT molecular complexity index is 395. The largest absolute Gasteiger partial charge is 0.466 e. The van der Waals surface area contributed by atoms with Gasteiger partial charge < -0.3 is 4.74 Å². The topological polar surface area (TPSA) is 38.3 Å². The highest BCUT2D eigenvalue weighted by molar-refractivity contribution is 5.69. The summed E-state index contributed by atoms with van der Waals surface area (Å²) in [6.45, 7) is 2.94. The number of nitrogens with one attached hydrogen (secondary N) is 1. The second kappa shape index (κ2) is 8.32. The third-order valence-electron chi connectivity index (χ3n) is 2.51. The number of carbonyl (C=O) groups is 1. The molecule has 1 atom stereocenters. The van der Waals surface area contributed by atoms with E-state index in [9.17, 15) is 4.79 Å². The van der Waals surface area contributed by atoms with E-state index in [1.54, 1.807) is 6.92 Å². The van der Waals surface area contributed by atoms with Gasteiger partial charge in [-0.25, -0.2) is 0 Å². The number of carbonyl (C=O) groups excluding carboxylic acids is 1. The van der Waals surface area contributed by atoms with Crippen LogP contribution in [0.3, 0.4) is 0 Å². The first-order chi connectivity index (χ1) is 8.77. The fourth-order valence-corrected chi connectivity index (χ4v) is 1.63. The summed E-state index contributed by atoms with van der Waals surface area (Å²) in [6.07, 6.45) is 6.64. The molecule has 0 radical (unpaired) electrons. The van der Waals surface area contributed by atoms with Gasteiger partial charge in [0, 0.05) is 6.42 Å². The second-order valence-corrected chi connectivity index (χ2v) is 3.87. The van der Waals surface area contributed by atoms with E-state index in [-0.39, 0.29) is 12.0 Å². The summed E-state index contributed by atoms with van der Waals surface area (Å²) in [5, 5.41) is 3.24. The van der Waals surface area contributed by atoms with E-state index in [1.165, 1.54) is 0 Å². The molecule has 0 aliphatic rings. The molecular weight excluding hydrogens is 226 g/mol. The summed E-state index contributed by atoms with van der Waals surface area (Å²) in [4.78, 5) is 11.1. The Morgan fingerprint density at radius 1 is 1.44 bits per heavy atom. The zero-order valence-corrected chi connectivity index (χ0v) is 10.7. The van der Waals surface area contributed by atoms with Crippen LogP contribution in [0.25, 0.3) is 0 Å². The molecule has 96 valence electrons. The van der Waals surface area contributed by atoms with E-state index in [2.05, 4.69) is 11.2 Å². The van der Waals surface area contributed by atoms with Gasteiger partial charge in [0.05, 0.1) is 12.6 Å². The Morgan fingerprint density at radius 2 is 2.17 bits per heavy atom. The number of benzene rings is 1. The molecule has 3 heteroatoms. The molecular formula is C15H19NO2. The number of hydrogen-bond acceptors (Lipinski definition) is 3. The van der Waals surface area contributed by atoms with Gasteiger partial charge >= 0.3 is 5.97 Å². The van der Waals surface area contributed by atoms with Crippen LogP contribution in [0.2, 0.25) is 0 Å². The molecule has 0 spiro atoms. The second-order valence-electron chi connectivity index (χ2n) is 3.87. The maximum Gasteiger partial charge on any atom is 0.305 e. The van der Waals surface area contributed by atoms with Gasteiger partial charge in [0.1, 0.15) is 0 Å². The van der Waals surface area contributed by atoms with Gasteiger partial charge in [-0.15, -0.1) is 6.42 Å². The Labute approximate surface area is 109 Å². The van der Waals surface area contributed by atoms with Crippen molar-refractivity contribution in [1.82, 2.24) is 5.32 Å². The smallest absolute Gasteiger partial charge is 0.305 e. The van der Waals surface area contributed by atoms with E-state index in [0.29, 0.717) is 19.6 Å². The van der Waals surface area contributed by atoms with Crippen LogP contribution in [-0.2, 0) is 9.53 Å². The van der Waals surface area contributed by atoms with Crippen molar-refractivity contribution in [3.63, 3.8) is 0 Å². The molecule has 1 rings (SSSR count). The van der Waals surface area contributed by atoms with E-state index in [1.807, 2.05) is 30.3 Å². The van der Waals surface area contributed by atoms with Crippen molar-refractivity contribution in [3.05, 3.63) is 35.9 Å². The SMILES string of the molecule is C#C[C@H](NCCCC(=O)OCC)c1ccccc1. The number of rotatable bonds is 7. The molecule has 0 bridgehead atoms. The lowest BCUT2D eigenvalue weighted by atomic mass is 10.1. The zero-order chi connectivity index (χ0) is 13.2. The van der Waals surface area contributed by atoms with E-state index >= 15 is 0 Å². The zero-order valence-electron chi connectivity index (χ0n) is 10.7. The van der Waals surface area contributed by atoms with Gasteiger partial charge in [-0.3, -0.25) is 10.1 Å². The van der Waals surface area contributed by atoms with Crippen LogP contribution >= 0.6 is 0 Å². The number of hydrogen-bond donors (Lipinski definition) is 1. The van der Waals surface area contributed by atoms with Crippen molar-refractivity contribution in [2.45, 2.75) is 25.8 Å². The Morgan fingerprint density at radius 3 is 2.78 bits per heavy atom. The molecule has 0 unspecified atom stereocenters. The molecule has 0 fully saturated rings. The Hall–Kier alpha value is -1.79. The highest BCUT2D eigenvalue weighted by Gasteiger charge is 2.07. The summed E-state index contributed by atoms with van der Waals surface area (Å²) in [5.74, 6) is 2.55. The first-order valence-electron chi connectivity index (χ1n) is 6.18. The van der Waals surface area contributed by atoms with Crippen LogP contribution in [0.15, 0.2) is 30.3 Å². The lowest BCUT2D eigenvalue weighted by Gasteiger charge is -2.13. The lowest BCUT2D eigenvalue weighted by molar-refractivity contribution is -0.143. The minimum Gasteiger partial charge on any atom is -0.466 e. The Balaban J connectivity index is 2.29. The lowest BCUT2D eigenvalue weighted by Crippen LogP contribution is -2.21. The summed E-state index contributed by atoms with van der Waals surface area (Å²) < 4.78 is 4.85. The minimum absolute atomic E-state index is 0.103. The minimum atomic E-state index is -0.156. The maximum atomic E-state index is 11.1. The molecule has 1 aromatic rings. The standard InChI is InChI=1S/C15H19NO2/c1-3-14(13-9-6-5-7-10-13)16-12-8-11-15(17)18-4-2/h1,5-7,9-10,14,16H,4,8,11-12H2,2H3/t14-/m0/s1. The normalized spacial score (nSPS) is 11.6. The number of ether oxygens (including phenoxy) is 1. The van der Waals surface area contributed by atoms with Crippen LogP contribution in [0.5, 0.6) is 0 Å². The third kappa shape index (κ3) is 5.03. The molecule has 0 heterocycles. The van der Waals surface area contributed by atoms with Crippen molar-refractivity contribution in [3.8, 4) is 12.3 Å². The van der Waals surface area contributed by atoms with Crippen LogP contribution in [0.4, 0.5) is 0 Å². The molecule has 0 saturated carbocycles. The van der Waals surface area contributed by atoms with E-state index in [0.717, 1.165) is 12.0 Å². The van der Waals surface area contributed by atoms with Crippen molar-refractivity contribution >= 4 is 5.97 Å². The summed E-state index contributed by atoms with van der Waals surface area (Å²) in [7, 11) is 0. The average Bonchev–Trinajstić information content (AvgIpc) is 2.40. The van der Waals surface area contributed by atoms with Gasteiger partial charge in [-0.2, -0.15) is 0 Å². The summed E-state index contributed by atoms with van der Waals surface area (Å²) in [5.41, 5.74) is 1.07. The fourth-order valence-electron chi connectivity index (χ4n) is 1.63. The first-order valence-corrected chi connectivity index (χ1v) is 6.18. The molecule has 1 N–H and O–H groups in total. The van der Waals surface area contributed by atoms with Gasteiger partial charge in [-0.05, 0) is 25.5 Å². The van der Waals surface area contributed by atoms with Gasteiger partial charge in [0.15, 0.2) is 0 Å². The summed E-state index contributed by atoms with van der Waals surface area (Å²) in [6, 6.07) is 9.75. The maximum absolute atomic E-state index is 11.1. The van der Waals surface area contributed by atoms with Crippen molar-refractivity contribution in [2.75, 3.05) is 13.2 Å². The molecule has 0 saturated heterocycles. The predicted octanol–water partition coefficient (Wildman–Crippen LogP) is 2.29. The quantitative estimate of drug-likeness (QED) is 0.455. The highest BCUT2D eigenvalue weighted by Crippen LogP contribution is 2.10. The van der Waals surface area contributed by atoms with Crippen LogP contribution in [-0.4, -0.2) is 19.1 Å². The molecule has 18 heavy (non-hydrogen) atoms. The number of esters is 1. The van der Waals surface area contributed by atoms with Crippen molar-refractivity contribution < 1.29 is 9.53 Å². The van der Waals surface area contributed by atoms with Gasteiger partial charge in [0.25, 0.3) is 0 Å². The average molecular weight is 245 g/mol. The fraction of sp³-hybridized carbons (Fsp3) is 0.400. The van der Waals surface area contributed by atoms with E-state index < -0.39 is 0 Å². The van der Waals surface area contributed by atoms with Crippen molar-refractivity contribution in [1.29, 1.82) is 0 Å². The van der Waals surface area contributed by atoms with Gasteiger partial charge in [0.2, 0.25) is 0 Å². The van der Waals surface area contributed by atoms with Crippen molar-refractivity contribution in [2.24, 2.45) is 0 Å². The van der Waals surface area contributed by atoms with Crippen LogP contribution in [0, 0.1) is 12.3 Å². The van der Waals surface area contributed by atoms with Gasteiger partial charge in [-0.1, -0.05) is 36.3 Å². The van der Waals surface area contributed by atoms with Crippen LogP contribution in [0.1, 0.15) is 31.4 Å². The van der Waals surface area contributed by atoms with Crippen LogP contribution < -0.4 is 5.32 Å².